The van der Waals surface area contributed by atoms with Gasteiger partial charge in [0.15, 0.2) is 5.65 Å². The summed E-state index contributed by atoms with van der Waals surface area (Å²) in [6.07, 6.45) is 7.68. The predicted molar refractivity (Wildman–Crippen MR) is 144 cm³/mol. The van der Waals surface area contributed by atoms with Crippen LogP contribution in [-0.2, 0) is 0 Å². The van der Waals surface area contributed by atoms with Crippen LogP contribution >= 0.6 is 0 Å². The number of carbonyl (C=O) groups is 1. The molecule has 3 aromatic heterocycles. The molecule has 6 rings (SSSR count). The molecule has 0 radical (unpaired) electrons. The Morgan fingerprint density at radius 1 is 1.24 bits per heavy atom. The molecule has 3 N–H and O–H groups in total. The summed E-state index contributed by atoms with van der Waals surface area (Å²) in [4.78, 5) is 21.7. The maximum Gasteiger partial charge on any atom is 0.251 e. The van der Waals surface area contributed by atoms with Gasteiger partial charge in [0, 0.05) is 36.0 Å². The van der Waals surface area contributed by atoms with Crippen molar-refractivity contribution in [2.75, 3.05) is 11.9 Å². The minimum atomic E-state index is -0.578. The number of pyridine rings is 1. The number of fused-ring (bicyclic) bond motifs is 1. The van der Waals surface area contributed by atoms with Crippen LogP contribution in [0.3, 0.4) is 0 Å². The fourth-order valence-corrected chi connectivity index (χ4v) is 5.28. The monoisotopic (exact) mass is 512 g/mol. The van der Waals surface area contributed by atoms with E-state index in [1.807, 2.05) is 50.2 Å². The van der Waals surface area contributed by atoms with Gasteiger partial charge in [-0.25, -0.2) is 0 Å². The lowest BCUT2D eigenvalue weighted by Gasteiger charge is -2.41. The van der Waals surface area contributed by atoms with E-state index in [4.69, 9.17) is 9.72 Å². The van der Waals surface area contributed by atoms with Gasteiger partial charge in [0.2, 0.25) is 5.88 Å². The van der Waals surface area contributed by atoms with E-state index >= 15 is 0 Å². The highest BCUT2D eigenvalue weighted by Crippen LogP contribution is 2.38. The third kappa shape index (κ3) is 4.93. The molecule has 2 aliphatic carbocycles. The van der Waals surface area contributed by atoms with Crippen molar-refractivity contribution >= 4 is 17.4 Å². The molecule has 9 nitrogen and oxygen atoms in total. The van der Waals surface area contributed by atoms with Crippen LogP contribution < -0.4 is 15.4 Å². The molecular weight excluding hydrogens is 480 g/mol. The van der Waals surface area contributed by atoms with E-state index in [1.165, 1.54) is 0 Å². The fraction of sp³-hybridized carbons (Fsp3) is 0.379. The van der Waals surface area contributed by atoms with E-state index in [0.717, 1.165) is 41.8 Å². The Kier molecular flexibility index (Phi) is 6.03. The molecule has 2 aliphatic rings. The highest BCUT2D eigenvalue weighted by Gasteiger charge is 2.38. The van der Waals surface area contributed by atoms with Gasteiger partial charge in [-0.15, -0.1) is 0 Å². The number of nitrogens with one attached hydrogen (secondary N) is 2. The Bertz CT molecular complexity index is 1490. The summed E-state index contributed by atoms with van der Waals surface area (Å²) < 4.78 is 7.82. The van der Waals surface area contributed by atoms with E-state index in [0.29, 0.717) is 41.2 Å². The van der Waals surface area contributed by atoms with Crippen LogP contribution in [0.1, 0.15) is 49.0 Å². The maximum atomic E-state index is 12.7. The van der Waals surface area contributed by atoms with Gasteiger partial charge < -0.3 is 20.5 Å². The Balaban J connectivity index is 1.32. The molecule has 1 aromatic carbocycles. The van der Waals surface area contributed by atoms with Crippen LogP contribution in [-0.4, -0.2) is 48.8 Å². The molecule has 2 fully saturated rings. The molecule has 3 heterocycles. The molecule has 2 atom stereocenters. The summed E-state index contributed by atoms with van der Waals surface area (Å²) in [5.74, 6) is 2.65. The number of amides is 1. The van der Waals surface area contributed by atoms with E-state index < -0.39 is 5.60 Å². The van der Waals surface area contributed by atoms with Crippen LogP contribution in [0, 0.1) is 18.8 Å². The summed E-state index contributed by atoms with van der Waals surface area (Å²) in [6, 6.07) is 11.6. The van der Waals surface area contributed by atoms with Crippen LogP contribution in [0.25, 0.3) is 16.8 Å². The van der Waals surface area contributed by atoms with Crippen molar-refractivity contribution in [3.05, 3.63) is 66.1 Å². The second-order valence-corrected chi connectivity index (χ2v) is 11.0. The van der Waals surface area contributed by atoms with Crippen molar-refractivity contribution in [1.29, 1.82) is 0 Å². The number of ether oxygens (including phenoxy) is 1. The molecule has 0 spiro atoms. The molecule has 9 heteroatoms. The van der Waals surface area contributed by atoms with Gasteiger partial charge >= 0.3 is 0 Å². The molecular formula is C29H32N6O3. The Morgan fingerprint density at radius 2 is 2.05 bits per heavy atom. The molecule has 0 bridgehead atoms. The molecule has 196 valence electrons. The van der Waals surface area contributed by atoms with Crippen LogP contribution in [0.5, 0.6) is 11.6 Å². The number of anilines is 1. The van der Waals surface area contributed by atoms with Crippen molar-refractivity contribution in [2.24, 2.45) is 11.8 Å². The van der Waals surface area contributed by atoms with E-state index in [1.54, 1.807) is 23.1 Å². The van der Waals surface area contributed by atoms with Crippen molar-refractivity contribution in [2.45, 2.75) is 51.7 Å². The molecule has 2 unspecified atom stereocenters. The summed E-state index contributed by atoms with van der Waals surface area (Å²) in [5.41, 5.74) is 3.38. The zero-order chi connectivity index (χ0) is 26.4. The first-order chi connectivity index (χ1) is 18.3. The van der Waals surface area contributed by atoms with E-state index in [2.05, 4.69) is 27.6 Å². The van der Waals surface area contributed by atoms with Gasteiger partial charge in [0.1, 0.15) is 11.6 Å². The van der Waals surface area contributed by atoms with Crippen molar-refractivity contribution in [1.82, 2.24) is 24.9 Å². The average Bonchev–Trinajstić information content (AvgIpc) is 3.38. The lowest BCUT2D eigenvalue weighted by Crippen LogP contribution is -2.43. The van der Waals surface area contributed by atoms with E-state index in [-0.39, 0.29) is 11.9 Å². The Labute approximate surface area is 221 Å². The molecule has 38 heavy (non-hydrogen) atoms. The maximum absolute atomic E-state index is 12.7. The van der Waals surface area contributed by atoms with Gasteiger partial charge in [-0.2, -0.15) is 14.6 Å². The van der Waals surface area contributed by atoms with Crippen molar-refractivity contribution in [3.63, 3.8) is 0 Å². The van der Waals surface area contributed by atoms with Gasteiger partial charge in [0.25, 0.3) is 5.91 Å². The molecule has 1 amide bonds. The highest BCUT2D eigenvalue weighted by molar-refractivity contribution is 5.97. The zero-order valence-electron chi connectivity index (χ0n) is 21.8. The lowest BCUT2D eigenvalue weighted by atomic mass is 9.72. The average molecular weight is 513 g/mol. The topological polar surface area (TPSA) is 114 Å². The van der Waals surface area contributed by atoms with Crippen molar-refractivity contribution < 1.29 is 14.6 Å². The minimum Gasteiger partial charge on any atom is -0.437 e. The predicted octanol–water partition coefficient (Wildman–Crippen LogP) is 4.60. The number of benzene rings is 1. The molecule has 2 saturated carbocycles. The third-order valence-corrected chi connectivity index (χ3v) is 7.54. The number of hydrogen-bond acceptors (Lipinski definition) is 7. The van der Waals surface area contributed by atoms with Gasteiger partial charge in [-0.3, -0.25) is 9.78 Å². The number of carbonyl (C=O) groups excluding carboxylic acids is 1. The lowest BCUT2D eigenvalue weighted by molar-refractivity contribution is -0.0524. The summed E-state index contributed by atoms with van der Waals surface area (Å²) in [7, 11) is 0. The van der Waals surface area contributed by atoms with Gasteiger partial charge in [0.05, 0.1) is 18.0 Å². The first-order valence-corrected chi connectivity index (χ1v) is 13.1. The zero-order valence-corrected chi connectivity index (χ0v) is 21.8. The summed E-state index contributed by atoms with van der Waals surface area (Å²) in [6.45, 7) is 6.67. The normalized spacial score (nSPS) is 24.1. The number of rotatable bonds is 8. The minimum absolute atomic E-state index is 0.0324. The van der Waals surface area contributed by atoms with E-state index in [9.17, 15) is 9.90 Å². The SMILES string of the molecule is Cc1cc(-c2cnn3c(NCC4CC(C)(O)C4)cc(Oc4cccnc4)nc23)ccc1C(=O)NC1CC1C. The summed E-state index contributed by atoms with van der Waals surface area (Å²) >= 11 is 0. The first-order valence-electron chi connectivity index (χ1n) is 13.1. The third-order valence-electron chi connectivity index (χ3n) is 7.54. The second kappa shape index (κ2) is 9.40. The number of hydrogen-bond donors (Lipinski definition) is 3. The second-order valence-electron chi connectivity index (χ2n) is 11.0. The van der Waals surface area contributed by atoms with Gasteiger partial charge in [-0.1, -0.05) is 19.1 Å². The van der Waals surface area contributed by atoms with Crippen LogP contribution in [0.2, 0.25) is 0 Å². The highest BCUT2D eigenvalue weighted by atomic mass is 16.5. The number of aryl methyl sites for hydroxylation is 1. The van der Waals surface area contributed by atoms with Crippen molar-refractivity contribution in [3.8, 4) is 22.8 Å². The molecule has 4 aromatic rings. The Morgan fingerprint density at radius 3 is 2.74 bits per heavy atom. The number of aliphatic hydroxyl groups is 1. The number of nitrogens with zero attached hydrogens (tertiary/aromatic N) is 4. The van der Waals surface area contributed by atoms with Crippen LogP contribution in [0.15, 0.2) is 55.0 Å². The number of aromatic nitrogens is 4. The Hall–Kier alpha value is -3.98. The van der Waals surface area contributed by atoms with Crippen LogP contribution in [0.4, 0.5) is 5.82 Å². The first kappa shape index (κ1) is 24.4. The fourth-order valence-electron chi connectivity index (χ4n) is 5.28. The van der Waals surface area contributed by atoms with Gasteiger partial charge in [-0.05, 0) is 74.3 Å². The largest absolute Gasteiger partial charge is 0.437 e. The molecule has 0 saturated heterocycles. The quantitative estimate of drug-likeness (QED) is 0.316. The smallest absolute Gasteiger partial charge is 0.251 e. The molecule has 0 aliphatic heterocycles. The standard InChI is InChI=1S/C29H32N6O3/c1-17-9-20(6-7-22(17)28(36)33-24-10-18(24)2)23-16-32-35-25(31-14-19-12-29(3,37)13-19)11-26(34-27(23)35)38-21-5-4-8-30-15-21/h4-9,11,15-16,18-19,24,31,37H,10,12-14H2,1-3H3,(H,33,36). The summed E-state index contributed by atoms with van der Waals surface area (Å²) in [5, 5.41) is 21.3.